The third kappa shape index (κ3) is 2.65. The van der Waals surface area contributed by atoms with Gasteiger partial charge in [0.05, 0.1) is 6.61 Å². The maximum absolute atomic E-state index is 10.0. The molecule has 0 aliphatic carbocycles. The molecule has 0 radical (unpaired) electrons. The lowest BCUT2D eigenvalue weighted by Crippen LogP contribution is -1.98. The Morgan fingerprint density at radius 2 is 1.93 bits per heavy atom. The van der Waals surface area contributed by atoms with Gasteiger partial charge in [0.1, 0.15) is 0 Å². The first-order valence-corrected chi connectivity index (χ1v) is 5.71. The molecule has 84 valence electrons. The molecule has 0 aromatic heterocycles. The van der Waals surface area contributed by atoms with Crippen molar-refractivity contribution in [1.82, 2.24) is 0 Å². The van der Waals surface area contributed by atoms with Crippen LogP contribution in [0.15, 0.2) is 12.1 Å². The van der Waals surface area contributed by atoms with E-state index in [1.807, 2.05) is 13.0 Å². The predicted octanol–water partition coefficient (Wildman–Crippen LogP) is 3.31. The lowest BCUT2D eigenvalue weighted by Gasteiger charge is -2.13. The highest BCUT2D eigenvalue weighted by atomic mass is 16.5. The topological polar surface area (TPSA) is 29.5 Å². The van der Waals surface area contributed by atoms with Crippen LogP contribution in [0.4, 0.5) is 0 Å². The zero-order chi connectivity index (χ0) is 11.3. The fourth-order valence-corrected chi connectivity index (χ4v) is 1.79. The van der Waals surface area contributed by atoms with Gasteiger partial charge in [-0.1, -0.05) is 26.3 Å². The molecule has 0 saturated carbocycles. The fourth-order valence-electron chi connectivity index (χ4n) is 1.79. The highest BCUT2D eigenvalue weighted by molar-refractivity contribution is 5.49. The van der Waals surface area contributed by atoms with Gasteiger partial charge in [0.25, 0.3) is 0 Å². The molecule has 1 N–H and O–H groups in total. The van der Waals surface area contributed by atoms with Gasteiger partial charge in [-0.25, -0.2) is 0 Å². The number of hydrogen-bond acceptors (Lipinski definition) is 2. The van der Waals surface area contributed by atoms with Gasteiger partial charge in [-0.2, -0.15) is 0 Å². The summed E-state index contributed by atoms with van der Waals surface area (Å²) in [6, 6.07) is 3.91. The van der Waals surface area contributed by atoms with Crippen molar-refractivity contribution in [3.8, 4) is 11.5 Å². The summed E-state index contributed by atoms with van der Waals surface area (Å²) in [5, 5.41) is 10.0. The average molecular weight is 208 g/mol. The van der Waals surface area contributed by atoms with Crippen molar-refractivity contribution in [2.75, 3.05) is 6.61 Å². The van der Waals surface area contributed by atoms with E-state index in [1.54, 1.807) is 0 Å². The van der Waals surface area contributed by atoms with Crippen LogP contribution >= 0.6 is 0 Å². The van der Waals surface area contributed by atoms with Crippen molar-refractivity contribution in [1.29, 1.82) is 0 Å². The largest absolute Gasteiger partial charge is 0.504 e. The molecule has 0 spiro atoms. The number of aromatic hydroxyl groups is 1. The van der Waals surface area contributed by atoms with E-state index in [9.17, 15) is 5.11 Å². The Kier molecular flexibility index (Phi) is 4.47. The molecule has 0 atom stereocenters. The SMILES string of the molecule is CCCc1c(CC)ccc(OCC)c1O. The lowest BCUT2D eigenvalue weighted by atomic mass is 9.99. The molecule has 1 aromatic rings. The van der Waals surface area contributed by atoms with Crippen molar-refractivity contribution in [2.24, 2.45) is 0 Å². The van der Waals surface area contributed by atoms with Crippen LogP contribution in [-0.2, 0) is 12.8 Å². The van der Waals surface area contributed by atoms with Crippen LogP contribution in [0.25, 0.3) is 0 Å². The second kappa shape index (κ2) is 5.64. The minimum absolute atomic E-state index is 0.332. The lowest BCUT2D eigenvalue weighted by molar-refractivity contribution is 0.316. The Labute approximate surface area is 91.9 Å². The Hall–Kier alpha value is -1.18. The van der Waals surface area contributed by atoms with Crippen molar-refractivity contribution in [3.63, 3.8) is 0 Å². The van der Waals surface area contributed by atoms with Gasteiger partial charge in [-0.05, 0) is 31.4 Å². The first-order valence-electron chi connectivity index (χ1n) is 5.71. The van der Waals surface area contributed by atoms with Crippen LogP contribution in [-0.4, -0.2) is 11.7 Å². The van der Waals surface area contributed by atoms with E-state index in [4.69, 9.17) is 4.74 Å². The Balaban J connectivity index is 3.10. The molecule has 0 unspecified atom stereocenters. The molecule has 1 rings (SSSR count). The van der Waals surface area contributed by atoms with Gasteiger partial charge in [-0.3, -0.25) is 0 Å². The van der Waals surface area contributed by atoms with Crippen LogP contribution in [0, 0.1) is 0 Å². The summed E-state index contributed by atoms with van der Waals surface area (Å²) in [4.78, 5) is 0. The smallest absolute Gasteiger partial charge is 0.161 e. The standard InChI is InChI=1S/C13H20O2/c1-4-7-11-10(5-2)8-9-12(13(11)14)15-6-3/h8-9,14H,4-7H2,1-3H3. The van der Waals surface area contributed by atoms with Gasteiger partial charge in [0.15, 0.2) is 11.5 Å². The first-order chi connectivity index (χ1) is 7.24. The molecular weight excluding hydrogens is 188 g/mol. The molecule has 2 heteroatoms. The van der Waals surface area contributed by atoms with E-state index in [0.29, 0.717) is 18.1 Å². The van der Waals surface area contributed by atoms with Crippen molar-refractivity contribution >= 4 is 0 Å². The molecule has 0 bridgehead atoms. The summed E-state index contributed by atoms with van der Waals surface area (Å²) in [5.74, 6) is 0.941. The van der Waals surface area contributed by atoms with E-state index in [-0.39, 0.29) is 0 Å². The fraction of sp³-hybridized carbons (Fsp3) is 0.538. The number of hydrogen-bond donors (Lipinski definition) is 1. The third-order valence-corrected chi connectivity index (χ3v) is 2.52. The number of aryl methyl sites for hydroxylation is 1. The predicted molar refractivity (Wildman–Crippen MR) is 62.6 cm³/mol. The van der Waals surface area contributed by atoms with E-state index >= 15 is 0 Å². The van der Waals surface area contributed by atoms with Gasteiger partial charge < -0.3 is 9.84 Å². The monoisotopic (exact) mass is 208 g/mol. The van der Waals surface area contributed by atoms with Crippen molar-refractivity contribution in [2.45, 2.75) is 40.0 Å². The van der Waals surface area contributed by atoms with Crippen LogP contribution in [0.3, 0.4) is 0 Å². The van der Waals surface area contributed by atoms with E-state index < -0.39 is 0 Å². The molecular formula is C13H20O2. The van der Waals surface area contributed by atoms with Gasteiger partial charge in [0.2, 0.25) is 0 Å². The first kappa shape index (κ1) is 11.9. The zero-order valence-electron chi connectivity index (χ0n) is 9.84. The maximum atomic E-state index is 10.0. The highest BCUT2D eigenvalue weighted by Crippen LogP contribution is 2.33. The zero-order valence-corrected chi connectivity index (χ0v) is 9.84. The van der Waals surface area contributed by atoms with Crippen LogP contribution in [0.5, 0.6) is 11.5 Å². The molecule has 1 aromatic carbocycles. The maximum Gasteiger partial charge on any atom is 0.161 e. The Bertz CT molecular complexity index is 319. The molecule has 0 fully saturated rings. The molecule has 0 amide bonds. The molecule has 0 aliphatic rings. The van der Waals surface area contributed by atoms with Gasteiger partial charge in [-0.15, -0.1) is 0 Å². The van der Waals surface area contributed by atoms with E-state index in [0.717, 1.165) is 24.8 Å². The Morgan fingerprint density at radius 3 is 2.47 bits per heavy atom. The molecule has 0 saturated heterocycles. The summed E-state index contributed by atoms with van der Waals surface area (Å²) in [5.41, 5.74) is 2.27. The van der Waals surface area contributed by atoms with Crippen LogP contribution < -0.4 is 4.74 Å². The number of benzene rings is 1. The normalized spacial score (nSPS) is 10.3. The van der Waals surface area contributed by atoms with Gasteiger partial charge >= 0.3 is 0 Å². The average Bonchev–Trinajstić information content (AvgIpc) is 2.25. The summed E-state index contributed by atoms with van der Waals surface area (Å²) in [7, 11) is 0. The van der Waals surface area contributed by atoms with Crippen LogP contribution in [0.1, 0.15) is 38.3 Å². The second-order valence-corrected chi connectivity index (χ2v) is 3.59. The summed E-state index contributed by atoms with van der Waals surface area (Å²) in [6.45, 7) is 6.73. The quantitative estimate of drug-likeness (QED) is 0.804. The minimum Gasteiger partial charge on any atom is -0.504 e. The number of rotatable bonds is 5. The summed E-state index contributed by atoms with van der Waals surface area (Å²) >= 11 is 0. The molecule has 0 heterocycles. The van der Waals surface area contributed by atoms with E-state index in [1.165, 1.54) is 5.56 Å². The Morgan fingerprint density at radius 1 is 1.20 bits per heavy atom. The summed E-state index contributed by atoms with van der Waals surface area (Å²) < 4.78 is 5.37. The second-order valence-electron chi connectivity index (χ2n) is 3.59. The molecule has 2 nitrogen and oxygen atoms in total. The molecule has 15 heavy (non-hydrogen) atoms. The highest BCUT2D eigenvalue weighted by Gasteiger charge is 2.11. The minimum atomic E-state index is 0.332. The number of phenolic OH excluding ortho intramolecular Hbond substituents is 1. The molecule has 0 aliphatic heterocycles. The number of phenols is 1. The van der Waals surface area contributed by atoms with Crippen LogP contribution in [0.2, 0.25) is 0 Å². The van der Waals surface area contributed by atoms with E-state index in [2.05, 4.69) is 19.9 Å². The van der Waals surface area contributed by atoms with Crippen molar-refractivity contribution < 1.29 is 9.84 Å². The van der Waals surface area contributed by atoms with Gasteiger partial charge in [0, 0.05) is 5.56 Å². The summed E-state index contributed by atoms with van der Waals surface area (Å²) in [6.07, 6.45) is 2.90. The third-order valence-electron chi connectivity index (χ3n) is 2.52. The number of ether oxygens (including phenoxy) is 1. The van der Waals surface area contributed by atoms with Crippen molar-refractivity contribution in [3.05, 3.63) is 23.3 Å².